The highest BCUT2D eigenvalue weighted by molar-refractivity contribution is 5.85. The second kappa shape index (κ2) is 8.68. The van der Waals surface area contributed by atoms with E-state index in [4.69, 9.17) is 24.1 Å². The van der Waals surface area contributed by atoms with E-state index >= 15 is 0 Å². The summed E-state index contributed by atoms with van der Waals surface area (Å²) in [6.45, 7) is 10.8. The van der Waals surface area contributed by atoms with Crippen LogP contribution in [-0.4, -0.2) is 52.6 Å². The number of carboxylic acids is 1. The van der Waals surface area contributed by atoms with Crippen LogP contribution < -0.4 is 0 Å². The molecule has 0 aromatic carbocycles. The molecule has 1 N–H and O–H groups in total. The Labute approximate surface area is 146 Å². The van der Waals surface area contributed by atoms with E-state index in [1.807, 2.05) is 0 Å². The molecule has 0 amide bonds. The summed E-state index contributed by atoms with van der Waals surface area (Å²) < 4.78 is 19.5. The smallest absolute Gasteiger partial charge is 0.481 e. The molecule has 0 saturated carbocycles. The minimum Gasteiger partial charge on any atom is -0.481 e. The molecule has 0 spiro atoms. The third-order valence-electron chi connectivity index (χ3n) is 2.28. The van der Waals surface area contributed by atoms with Gasteiger partial charge in [0.25, 0.3) is 0 Å². The number of esters is 2. The molecule has 0 saturated heterocycles. The summed E-state index contributed by atoms with van der Waals surface area (Å²) in [5.41, 5.74) is -1.71. The predicted octanol–water partition coefficient (Wildman–Crippen LogP) is 2.05. The van der Waals surface area contributed by atoms with Crippen LogP contribution in [0.3, 0.4) is 0 Å². The van der Waals surface area contributed by atoms with E-state index in [9.17, 15) is 19.2 Å². The van der Waals surface area contributed by atoms with Crippen molar-refractivity contribution >= 4 is 24.1 Å². The molecule has 0 heterocycles. The average Bonchev–Trinajstić information content (AvgIpc) is 2.32. The van der Waals surface area contributed by atoms with Crippen LogP contribution in [-0.2, 0) is 33.3 Å². The Bertz CT molecular complexity index is 511. The molecule has 0 fully saturated rings. The summed E-state index contributed by atoms with van der Waals surface area (Å²) >= 11 is 0. The zero-order valence-electron chi connectivity index (χ0n) is 15.6. The minimum absolute atomic E-state index is 0.778. The lowest BCUT2D eigenvalue weighted by Gasteiger charge is -2.24. The minimum atomic E-state index is -1.66. The van der Waals surface area contributed by atoms with E-state index < -0.39 is 53.9 Å². The zero-order valence-corrected chi connectivity index (χ0v) is 15.6. The molecule has 9 heteroatoms. The summed E-state index contributed by atoms with van der Waals surface area (Å²) in [6.07, 6.45) is -4.92. The molecular weight excluding hydrogens is 336 g/mol. The normalized spacial score (nSPS) is 14.0. The maximum absolute atomic E-state index is 12.0. The van der Waals surface area contributed by atoms with Crippen LogP contribution >= 0.6 is 0 Å². The first kappa shape index (κ1) is 22.7. The van der Waals surface area contributed by atoms with Crippen molar-refractivity contribution < 1.29 is 43.2 Å². The van der Waals surface area contributed by atoms with Crippen molar-refractivity contribution in [2.24, 2.45) is 0 Å². The topological polar surface area (TPSA) is 125 Å². The molecule has 0 rings (SSSR count). The second-order valence-electron chi connectivity index (χ2n) is 7.28. The van der Waals surface area contributed by atoms with E-state index in [0.717, 1.165) is 0 Å². The van der Waals surface area contributed by atoms with Gasteiger partial charge in [0, 0.05) is 0 Å². The Kier molecular flexibility index (Phi) is 7.88. The number of hydrogen-bond donors (Lipinski definition) is 1. The fourth-order valence-electron chi connectivity index (χ4n) is 1.40. The van der Waals surface area contributed by atoms with Crippen molar-refractivity contribution in [2.75, 3.05) is 0 Å². The molecule has 0 aromatic rings. The fourth-order valence-corrected chi connectivity index (χ4v) is 1.40. The van der Waals surface area contributed by atoms with Gasteiger partial charge in [-0.15, -0.1) is 0 Å². The molecule has 0 aliphatic carbocycles. The number of carboxylic acid groups (broad SMARTS) is 1. The van der Waals surface area contributed by atoms with Crippen molar-refractivity contribution in [3.8, 4) is 0 Å². The molecule has 144 valence electrons. The van der Waals surface area contributed by atoms with Gasteiger partial charge in [-0.2, -0.15) is 0 Å². The summed E-state index contributed by atoms with van der Waals surface area (Å²) in [5, 5.41) is 8.85. The molecule has 0 unspecified atom stereocenters. The monoisotopic (exact) mass is 362 g/mol. The maximum atomic E-state index is 12.0. The first-order valence-corrected chi connectivity index (χ1v) is 7.65. The van der Waals surface area contributed by atoms with Crippen LogP contribution in [0.4, 0.5) is 4.79 Å². The molecule has 0 aliphatic rings. The molecule has 0 aromatic heterocycles. The molecule has 0 bridgehead atoms. The quantitative estimate of drug-likeness (QED) is 0.558. The Morgan fingerprint density at radius 2 is 1.32 bits per heavy atom. The van der Waals surface area contributed by atoms with Gasteiger partial charge in [-0.3, -0.25) is 4.79 Å². The standard InChI is InChI=1S/C16H26O9/c1-9(22-14(21)25-16(5,6)7)12(19)23-10(8-11(17)18)13(20)24-15(2,3)4/h9-10H,8H2,1-7H3,(H,17,18)/t9-,10-/m0/s1. The first-order chi connectivity index (χ1) is 11.1. The highest BCUT2D eigenvalue weighted by Gasteiger charge is 2.33. The molecule has 9 nitrogen and oxygen atoms in total. The van der Waals surface area contributed by atoms with E-state index in [1.165, 1.54) is 6.92 Å². The SMILES string of the molecule is C[C@H](OC(=O)OC(C)(C)C)C(=O)O[C@@H](CC(=O)O)C(=O)OC(C)(C)C. The van der Waals surface area contributed by atoms with Gasteiger partial charge in [0.15, 0.2) is 6.10 Å². The molecule has 2 atom stereocenters. The summed E-state index contributed by atoms with van der Waals surface area (Å²) in [7, 11) is 0. The number of ether oxygens (including phenoxy) is 4. The van der Waals surface area contributed by atoms with Crippen molar-refractivity contribution in [3.05, 3.63) is 0 Å². The summed E-state index contributed by atoms with van der Waals surface area (Å²) in [5.74, 6) is -3.46. The van der Waals surface area contributed by atoms with Gasteiger partial charge in [-0.25, -0.2) is 14.4 Å². The highest BCUT2D eigenvalue weighted by Crippen LogP contribution is 2.14. The zero-order chi connectivity index (χ0) is 20.0. The number of aliphatic carboxylic acids is 1. The summed E-state index contributed by atoms with van der Waals surface area (Å²) in [4.78, 5) is 46.3. The molecule has 0 radical (unpaired) electrons. The van der Waals surface area contributed by atoms with Crippen LogP contribution in [0.1, 0.15) is 54.9 Å². The second-order valence-corrected chi connectivity index (χ2v) is 7.28. The lowest BCUT2D eigenvalue weighted by molar-refractivity contribution is -0.182. The molecule has 0 aliphatic heterocycles. The Balaban J connectivity index is 4.87. The van der Waals surface area contributed by atoms with Crippen LogP contribution in [0.15, 0.2) is 0 Å². The van der Waals surface area contributed by atoms with Crippen molar-refractivity contribution in [1.29, 1.82) is 0 Å². The van der Waals surface area contributed by atoms with E-state index in [2.05, 4.69) is 0 Å². The number of hydrogen-bond acceptors (Lipinski definition) is 8. The number of rotatable bonds is 6. The highest BCUT2D eigenvalue weighted by atomic mass is 16.7. The maximum Gasteiger partial charge on any atom is 0.509 e. The Morgan fingerprint density at radius 1 is 0.840 bits per heavy atom. The predicted molar refractivity (Wildman–Crippen MR) is 84.8 cm³/mol. The van der Waals surface area contributed by atoms with E-state index in [1.54, 1.807) is 41.5 Å². The van der Waals surface area contributed by atoms with Gasteiger partial charge >= 0.3 is 24.1 Å². The lowest BCUT2D eigenvalue weighted by Crippen LogP contribution is -2.39. The third kappa shape index (κ3) is 11.0. The van der Waals surface area contributed by atoms with Crippen LogP contribution in [0.2, 0.25) is 0 Å². The van der Waals surface area contributed by atoms with Gasteiger partial charge in [0.05, 0.1) is 6.42 Å². The average molecular weight is 362 g/mol. The molecular formula is C16H26O9. The largest absolute Gasteiger partial charge is 0.509 e. The van der Waals surface area contributed by atoms with Crippen molar-refractivity contribution in [1.82, 2.24) is 0 Å². The van der Waals surface area contributed by atoms with Crippen molar-refractivity contribution in [2.45, 2.75) is 78.3 Å². The van der Waals surface area contributed by atoms with Crippen LogP contribution in [0.25, 0.3) is 0 Å². The van der Waals surface area contributed by atoms with Crippen LogP contribution in [0.5, 0.6) is 0 Å². The number of carbonyl (C=O) groups excluding carboxylic acids is 3. The first-order valence-electron chi connectivity index (χ1n) is 7.65. The Morgan fingerprint density at radius 3 is 1.72 bits per heavy atom. The van der Waals surface area contributed by atoms with Crippen LogP contribution in [0, 0.1) is 0 Å². The van der Waals surface area contributed by atoms with E-state index in [-0.39, 0.29) is 0 Å². The van der Waals surface area contributed by atoms with Crippen molar-refractivity contribution in [3.63, 3.8) is 0 Å². The van der Waals surface area contributed by atoms with E-state index in [0.29, 0.717) is 0 Å². The molecule has 25 heavy (non-hydrogen) atoms. The summed E-state index contributed by atoms with van der Waals surface area (Å²) in [6, 6.07) is 0. The lowest BCUT2D eigenvalue weighted by atomic mass is 10.2. The van der Waals surface area contributed by atoms with Gasteiger partial charge in [0.1, 0.15) is 11.2 Å². The fraction of sp³-hybridized carbons (Fsp3) is 0.750. The van der Waals surface area contributed by atoms with Gasteiger partial charge in [-0.05, 0) is 48.5 Å². The Hall–Kier alpha value is -2.32. The van der Waals surface area contributed by atoms with Gasteiger partial charge < -0.3 is 24.1 Å². The van der Waals surface area contributed by atoms with Gasteiger partial charge in [-0.1, -0.05) is 0 Å². The third-order valence-corrected chi connectivity index (χ3v) is 2.28. The van der Waals surface area contributed by atoms with Gasteiger partial charge in [0.2, 0.25) is 6.10 Å². The number of carbonyl (C=O) groups is 4.